The summed E-state index contributed by atoms with van der Waals surface area (Å²) in [6.45, 7) is 1.50. The van der Waals surface area contributed by atoms with Gasteiger partial charge in [0.05, 0.1) is 5.56 Å². The van der Waals surface area contributed by atoms with E-state index in [1.807, 2.05) is 4.90 Å². The zero-order valence-corrected chi connectivity index (χ0v) is 14.1. The normalized spacial score (nSPS) is 13.9. The first kappa shape index (κ1) is 17.6. The first-order chi connectivity index (χ1) is 12.5. The molecular weight excluding hydrogens is 334 g/mol. The zero-order valence-electron chi connectivity index (χ0n) is 14.1. The van der Waals surface area contributed by atoms with Crippen LogP contribution in [0.15, 0.2) is 42.6 Å². The van der Waals surface area contributed by atoms with Crippen LogP contribution in [0.5, 0.6) is 0 Å². The van der Waals surface area contributed by atoms with Crippen molar-refractivity contribution in [3.05, 3.63) is 59.4 Å². The summed E-state index contributed by atoms with van der Waals surface area (Å²) in [7, 11) is 0. The number of amides is 2. The molecule has 2 heterocycles. The molecule has 0 unspecified atom stereocenters. The molecule has 2 amide bonds. The quantitative estimate of drug-likeness (QED) is 0.880. The topological polar surface area (TPSA) is 99.6 Å². The van der Waals surface area contributed by atoms with Crippen molar-refractivity contribution in [3.8, 4) is 0 Å². The molecule has 0 radical (unpaired) electrons. The molecule has 1 aliphatic heterocycles. The van der Waals surface area contributed by atoms with Gasteiger partial charge < -0.3 is 15.3 Å². The molecule has 2 aromatic rings. The number of carboxylic acids is 1. The number of benzene rings is 1. The molecule has 0 saturated carbocycles. The van der Waals surface area contributed by atoms with E-state index >= 15 is 0 Å². The summed E-state index contributed by atoms with van der Waals surface area (Å²) in [5, 5.41) is 11.7. The van der Waals surface area contributed by atoms with E-state index in [0.29, 0.717) is 11.3 Å². The summed E-state index contributed by atoms with van der Waals surface area (Å²) in [6.07, 6.45) is 4.43. The smallest absolute Gasteiger partial charge is 0.335 e. The highest BCUT2D eigenvalue weighted by molar-refractivity contribution is 6.05. The lowest BCUT2D eigenvalue weighted by Crippen LogP contribution is -2.35. The highest BCUT2D eigenvalue weighted by Crippen LogP contribution is 2.17. The molecule has 0 aliphatic carbocycles. The Bertz CT molecular complexity index is 844. The minimum absolute atomic E-state index is 0.00217. The Morgan fingerprint density at radius 1 is 1.00 bits per heavy atom. The molecule has 2 N–H and O–H groups in total. The molecule has 134 valence electrons. The van der Waals surface area contributed by atoms with Gasteiger partial charge in [0.2, 0.25) is 0 Å². The van der Waals surface area contributed by atoms with Crippen LogP contribution in [-0.2, 0) is 0 Å². The number of pyridine rings is 1. The van der Waals surface area contributed by atoms with Gasteiger partial charge >= 0.3 is 5.97 Å². The number of carboxylic acid groups (broad SMARTS) is 1. The van der Waals surface area contributed by atoms with E-state index in [2.05, 4.69) is 10.3 Å². The van der Waals surface area contributed by atoms with Crippen molar-refractivity contribution in [2.75, 3.05) is 18.4 Å². The van der Waals surface area contributed by atoms with Crippen molar-refractivity contribution in [1.82, 2.24) is 9.88 Å². The van der Waals surface area contributed by atoms with Gasteiger partial charge in [0, 0.05) is 30.5 Å². The summed E-state index contributed by atoms with van der Waals surface area (Å²) in [5.41, 5.74) is 0.953. The predicted octanol–water partition coefficient (Wildman–Crippen LogP) is 2.66. The van der Waals surface area contributed by atoms with Crippen LogP contribution >= 0.6 is 0 Å². The van der Waals surface area contributed by atoms with Crippen LogP contribution in [0.25, 0.3) is 0 Å². The second-order valence-corrected chi connectivity index (χ2v) is 6.12. The van der Waals surface area contributed by atoms with E-state index < -0.39 is 11.9 Å². The number of carbonyl (C=O) groups excluding carboxylic acids is 2. The van der Waals surface area contributed by atoms with Crippen LogP contribution < -0.4 is 5.32 Å². The summed E-state index contributed by atoms with van der Waals surface area (Å²) in [6, 6.07) is 9.24. The van der Waals surface area contributed by atoms with E-state index in [-0.39, 0.29) is 17.2 Å². The maximum atomic E-state index is 12.6. The van der Waals surface area contributed by atoms with Crippen LogP contribution in [0.2, 0.25) is 0 Å². The van der Waals surface area contributed by atoms with E-state index in [0.717, 1.165) is 32.4 Å². The fourth-order valence-electron chi connectivity index (χ4n) is 2.89. The van der Waals surface area contributed by atoms with Crippen LogP contribution in [0.1, 0.15) is 50.5 Å². The van der Waals surface area contributed by atoms with Gasteiger partial charge in [0.25, 0.3) is 11.8 Å². The number of anilines is 1. The Morgan fingerprint density at radius 3 is 2.50 bits per heavy atom. The molecule has 3 rings (SSSR count). The van der Waals surface area contributed by atoms with Crippen LogP contribution in [0.3, 0.4) is 0 Å². The second-order valence-electron chi connectivity index (χ2n) is 6.12. The zero-order chi connectivity index (χ0) is 18.5. The molecule has 1 fully saturated rings. The highest BCUT2D eigenvalue weighted by Gasteiger charge is 2.19. The Morgan fingerprint density at radius 2 is 1.77 bits per heavy atom. The molecule has 7 nitrogen and oxygen atoms in total. The van der Waals surface area contributed by atoms with Crippen molar-refractivity contribution in [1.29, 1.82) is 0 Å². The van der Waals surface area contributed by atoms with E-state index in [1.54, 1.807) is 24.3 Å². The number of nitrogens with one attached hydrogen (secondary N) is 1. The number of hydrogen-bond acceptors (Lipinski definition) is 4. The fraction of sp³-hybridized carbons (Fsp3) is 0.263. The molecule has 0 bridgehead atoms. The molecule has 0 atom stereocenters. The monoisotopic (exact) mass is 353 g/mol. The number of piperidine rings is 1. The summed E-state index contributed by atoms with van der Waals surface area (Å²) in [4.78, 5) is 41.6. The van der Waals surface area contributed by atoms with E-state index in [4.69, 9.17) is 5.11 Å². The summed E-state index contributed by atoms with van der Waals surface area (Å²) >= 11 is 0. The van der Waals surface area contributed by atoms with Crippen molar-refractivity contribution >= 4 is 23.5 Å². The van der Waals surface area contributed by atoms with Gasteiger partial charge in [-0.3, -0.25) is 14.6 Å². The minimum atomic E-state index is -1.13. The van der Waals surface area contributed by atoms with Gasteiger partial charge in [-0.15, -0.1) is 0 Å². The number of likely N-dealkylation sites (tertiary alicyclic amines) is 1. The number of aromatic nitrogens is 1. The Kier molecular flexibility index (Phi) is 5.26. The standard InChI is InChI=1S/C19H19N3O4/c23-17(16-12-14(19(25)26)7-8-20-16)21-15-6-4-5-13(11-15)18(24)22-9-2-1-3-10-22/h4-8,11-12H,1-3,9-10H2,(H,21,23)(H,25,26). The van der Waals surface area contributed by atoms with Gasteiger partial charge in [0.1, 0.15) is 5.69 Å². The number of nitrogens with zero attached hydrogens (tertiary/aromatic N) is 2. The Balaban J connectivity index is 1.74. The van der Waals surface area contributed by atoms with Gasteiger partial charge in [-0.2, -0.15) is 0 Å². The largest absolute Gasteiger partial charge is 0.478 e. The maximum absolute atomic E-state index is 12.6. The van der Waals surface area contributed by atoms with Crippen molar-refractivity contribution in [2.45, 2.75) is 19.3 Å². The number of hydrogen-bond donors (Lipinski definition) is 2. The highest BCUT2D eigenvalue weighted by atomic mass is 16.4. The fourth-order valence-corrected chi connectivity index (χ4v) is 2.89. The molecule has 1 saturated heterocycles. The first-order valence-electron chi connectivity index (χ1n) is 8.44. The third-order valence-corrected chi connectivity index (χ3v) is 4.25. The van der Waals surface area contributed by atoms with Crippen LogP contribution in [0, 0.1) is 0 Å². The molecular formula is C19H19N3O4. The molecule has 1 aliphatic rings. The number of carbonyl (C=O) groups is 3. The predicted molar refractivity (Wildman–Crippen MR) is 95.3 cm³/mol. The third kappa shape index (κ3) is 4.05. The number of rotatable bonds is 4. The Hall–Kier alpha value is -3.22. The van der Waals surface area contributed by atoms with Gasteiger partial charge in [-0.1, -0.05) is 6.07 Å². The SMILES string of the molecule is O=C(O)c1ccnc(C(=O)Nc2cccc(C(=O)N3CCCCC3)c2)c1. The maximum Gasteiger partial charge on any atom is 0.335 e. The average Bonchev–Trinajstić information content (AvgIpc) is 2.68. The van der Waals surface area contributed by atoms with Crippen molar-refractivity contribution in [2.24, 2.45) is 0 Å². The van der Waals surface area contributed by atoms with Crippen LogP contribution in [-0.4, -0.2) is 45.9 Å². The molecule has 26 heavy (non-hydrogen) atoms. The lowest BCUT2D eigenvalue weighted by Gasteiger charge is -2.26. The van der Waals surface area contributed by atoms with Crippen LogP contribution in [0.4, 0.5) is 5.69 Å². The first-order valence-corrected chi connectivity index (χ1v) is 8.44. The molecule has 0 spiro atoms. The van der Waals surface area contributed by atoms with Crippen molar-refractivity contribution in [3.63, 3.8) is 0 Å². The summed E-state index contributed by atoms with van der Waals surface area (Å²) in [5.74, 6) is -1.71. The minimum Gasteiger partial charge on any atom is -0.478 e. The average molecular weight is 353 g/mol. The molecule has 1 aromatic heterocycles. The van der Waals surface area contributed by atoms with Gasteiger partial charge in [0.15, 0.2) is 0 Å². The van der Waals surface area contributed by atoms with E-state index in [9.17, 15) is 14.4 Å². The lowest BCUT2D eigenvalue weighted by molar-refractivity contribution is 0.0694. The summed E-state index contributed by atoms with van der Waals surface area (Å²) < 4.78 is 0. The molecule has 1 aromatic carbocycles. The van der Waals surface area contributed by atoms with Gasteiger partial charge in [-0.05, 0) is 49.6 Å². The van der Waals surface area contributed by atoms with Crippen molar-refractivity contribution < 1.29 is 19.5 Å². The number of aromatic carboxylic acids is 1. The molecule has 7 heteroatoms. The van der Waals surface area contributed by atoms with E-state index in [1.165, 1.54) is 18.3 Å². The van der Waals surface area contributed by atoms with Gasteiger partial charge in [-0.25, -0.2) is 4.79 Å². The lowest BCUT2D eigenvalue weighted by atomic mass is 10.1. The second kappa shape index (κ2) is 7.77. The Labute approximate surface area is 150 Å². The third-order valence-electron chi connectivity index (χ3n) is 4.25.